The fourth-order valence-corrected chi connectivity index (χ4v) is 0.710. The van der Waals surface area contributed by atoms with Crippen molar-refractivity contribution in [1.29, 1.82) is 0 Å². The molecule has 0 fully saturated rings. The average molecular weight is 361 g/mol. The molecule has 0 aromatic carbocycles. The molecular formula is C10H24IN3O3. The van der Waals surface area contributed by atoms with E-state index in [2.05, 4.69) is 32.6 Å². The molecule has 0 aliphatic rings. The molecule has 7 heteroatoms. The molecule has 0 radical (unpaired) electrons. The second-order valence-electron chi connectivity index (χ2n) is 4.39. The van der Waals surface area contributed by atoms with Crippen molar-refractivity contribution in [2.75, 3.05) is 34.3 Å². The minimum Gasteiger partial charge on any atom is -1.00 e. The number of esters is 1. The Kier molecular flexibility index (Phi) is 15.2. The first-order valence-corrected chi connectivity index (χ1v) is 5.20. The van der Waals surface area contributed by atoms with Gasteiger partial charge in [0.05, 0.1) is 21.1 Å². The fraction of sp³-hybridized carbons (Fsp3) is 0.800. The standard InChI is InChI=1S/C9H20NO2.CH4N2O.HI/c1-5-6-9(11)12-8-7-10(2,3)4;2-1(3)4;/h5-8H2,1-4H3;(H4,2,3,4);1H/q+1;;/p-1. The molecule has 0 aliphatic carbocycles. The van der Waals surface area contributed by atoms with Gasteiger partial charge >= 0.3 is 12.0 Å². The van der Waals surface area contributed by atoms with Crippen LogP contribution in [0.5, 0.6) is 0 Å². The van der Waals surface area contributed by atoms with Gasteiger partial charge in [0.25, 0.3) is 0 Å². The highest BCUT2D eigenvalue weighted by atomic mass is 127. The van der Waals surface area contributed by atoms with Gasteiger partial charge in [0.15, 0.2) is 0 Å². The normalized spacial score (nSPS) is 9.41. The number of rotatable bonds is 5. The SMILES string of the molecule is CCCC(=O)OCC[N+](C)(C)C.NC(N)=O.[I-]. The number of hydrogen-bond acceptors (Lipinski definition) is 3. The summed E-state index contributed by atoms with van der Waals surface area (Å²) in [5.41, 5.74) is 8.50. The minimum absolute atomic E-state index is 0. The number of carbonyl (C=O) groups excluding carboxylic acids is 2. The quantitative estimate of drug-likeness (QED) is 0.312. The molecule has 0 saturated heterocycles. The Morgan fingerprint density at radius 1 is 1.18 bits per heavy atom. The Labute approximate surface area is 120 Å². The van der Waals surface area contributed by atoms with E-state index in [-0.39, 0.29) is 29.9 Å². The number of likely N-dealkylation sites (N-methyl/N-ethyl adjacent to an activating group) is 1. The summed E-state index contributed by atoms with van der Waals surface area (Å²) < 4.78 is 5.84. The van der Waals surface area contributed by atoms with Crippen LogP contribution in [0.3, 0.4) is 0 Å². The Morgan fingerprint density at radius 3 is 1.88 bits per heavy atom. The van der Waals surface area contributed by atoms with E-state index in [0.29, 0.717) is 13.0 Å². The maximum absolute atomic E-state index is 10.9. The van der Waals surface area contributed by atoms with E-state index in [0.717, 1.165) is 17.4 Å². The first-order valence-electron chi connectivity index (χ1n) is 5.20. The van der Waals surface area contributed by atoms with Crippen LogP contribution in [0.1, 0.15) is 19.8 Å². The van der Waals surface area contributed by atoms with Crippen molar-refractivity contribution >= 4 is 12.0 Å². The lowest BCUT2D eigenvalue weighted by Crippen LogP contribution is -3.00. The van der Waals surface area contributed by atoms with Crippen molar-refractivity contribution in [1.82, 2.24) is 0 Å². The zero-order chi connectivity index (χ0) is 13.2. The molecule has 0 aliphatic heterocycles. The molecule has 6 nitrogen and oxygen atoms in total. The molecule has 0 aromatic heterocycles. The number of nitrogens with two attached hydrogens (primary N) is 2. The van der Waals surface area contributed by atoms with E-state index in [1.807, 2.05) is 6.92 Å². The number of quaternary nitrogens is 1. The van der Waals surface area contributed by atoms with Gasteiger partial charge < -0.3 is 44.7 Å². The van der Waals surface area contributed by atoms with Gasteiger partial charge in [0, 0.05) is 6.42 Å². The average Bonchev–Trinajstić information content (AvgIpc) is 2.00. The summed E-state index contributed by atoms with van der Waals surface area (Å²) in [4.78, 5) is 19.9. The van der Waals surface area contributed by atoms with Crippen LogP contribution >= 0.6 is 0 Å². The number of nitrogens with zero attached hydrogens (tertiary/aromatic N) is 1. The van der Waals surface area contributed by atoms with Gasteiger partial charge in [0.1, 0.15) is 13.2 Å². The fourth-order valence-electron chi connectivity index (χ4n) is 0.710. The topological polar surface area (TPSA) is 95.4 Å². The summed E-state index contributed by atoms with van der Waals surface area (Å²) in [7, 11) is 6.23. The van der Waals surface area contributed by atoms with Crippen molar-refractivity contribution < 1.29 is 42.8 Å². The van der Waals surface area contributed by atoms with Crippen LogP contribution in [-0.2, 0) is 9.53 Å². The smallest absolute Gasteiger partial charge is 0.309 e. The Morgan fingerprint density at radius 2 is 1.59 bits per heavy atom. The third-order valence-corrected chi connectivity index (χ3v) is 1.48. The lowest BCUT2D eigenvalue weighted by atomic mass is 10.3. The maximum atomic E-state index is 10.9. The highest BCUT2D eigenvalue weighted by Gasteiger charge is 2.08. The number of carbonyl (C=O) groups is 2. The van der Waals surface area contributed by atoms with E-state index < -0.39 is 6.03 Å². The van der Waals surface area contributed by atoms with Crippen LogP contribution in [0.15, 0.2) is 0 Å². The van der Waals surface area contributed by atoms with Gasteiger partial charge in [-0.05, 0) is 6.42 Å². The molecule has 4 N–H and O–H groups in total. The molecular weight excluding hydrogens is 337 g/mol. The summed E-state index contributed by atoms with van der Waals surface area (Å²) in [6, 6.07) is -0.833. The van der Waals surface area contributed by atoms with Crippen molar-refractivity contribution in [2.24, 2.45) is 11.5 Å². The summed E-state index contributed by atoms with van der Waals surface area (Å²) >= 11 is 0. The van der Waals surface area contributed by atoms with E-state index in [9.17, 15) is 4.79 Å². The van der Waals surface area contributed by atoms with Gasteiger partial charge in [-0.25, -0.2) is 4.79 Å². The van der Waals surface area contributed by atoms with E-state index in [1.165, 1.54) is 0 Å². The van der Waals surface area contributed by atoms with Gasteiger partial charge in [-0.2, -0.15) is 0 Å². The predicted molar refractivity (Wildman–Crippen MR) is 62.5 cm³/mol. The number of primary amides is 2. The van der Waals surface area contributed by atoms with Crippen LogP contribution in [0.4, 0.5) is 4.79 Å². The molecule has 0 unspecified atom stereocenters. The zero-order valence-corrected chi connectivity index (χ0v) is 13.2. The van der Waals surface area contributed by atoms with Gasteiger partial charge in [-0.1, -0.05) is 6.92 Å². The summed E-state index contributed by atoms with van der Waals surface area (Å²) in [6.07, 6.45) is 1.40. The molecule has 0 spiro atoms. The Balaban J connectivity index is -0.000000340. The summed E-state index contributed by atoms with van der Waals surface area (Å²) in [5.74, 6) is -0.0778. The number of amides is 2. The zero-order valence-electron chi connectivity index (χ0n) is 11.0. The molecule has 104 valence electrons. The lowest BCUT2D eigenvalue weighted by Gasteiger charge is -2.23. The van der Waals surface area contributed by atoms with E-state index >= 15 is 0 Å². The molecule has 0 saturated carbocycles. The summed E-state index contributed by atoms with van der Waals surface area (Å²) in [5, 5.41) is 0. The van der Waals surface area contributed by atoms with Crippen molar-refractivity contribution in [3.05, 3.63) is 0 Å². The van der Waals surface area contributed by atoms with Gasteiger partial charge in [0.2, 0.25) is 0 Å². The monoisotopic (exact) mass is 361 g/mol. The predicted octanol–water partition coefficient (Wildman–Crippen LogP) is -2.94. The largest absolute Gasteiger partial charge is 1.00 e. The Hall–Kier alpha value is -0.570. The van der Waals surface area contributed by atoms with Crippen LogP contribution in [0.25, 0.3) is 0 Å². The first kappa shape index (κ1) is 21.7. The second kappa shape index (κ2) is 11.9. The van der Waals surface area contributed by atoms with Crippen molar-refractivity contribution in [2.45, 2.75) is 19.8 Å². The van der Waals surface area contributed by atoms with Crippen molar-refractivity contribution in [3.63, 3.8) is 0 Å². The maximum Gasteiger partial charge on any atom is 0.309 e. The second-order valence-corrected chi connectivity index (χ2v) is 4.39. The van der Waals surface area contributed by atoms with Crippen LogP contribution in [0, 0.1) is 0 Å². The van der Waals surface area contributed by atoms with Crippen LogP contribution < -0.4 is 35.4 Å². The van der Waals surface area contributed by atoms with Crippen LogP contribution in [0.2, 0.25) is 0 Å². The molecule has 0 aromatic rings. The van der Waals surface area contributed by atoms with Gasteiger partial charge in [-0.15, -0.1) is 0 Å². The summed E-state index contributed by atoms with van der Waals surface area (Å²) in [6.45, 7) is 3.37. The Bertz CT molecular complexity index is 213. The highest BCUT2D eigenvalue weighted by molar-refractivity contribution is 5.69. The lowest BCUT2D eigenvalue weighted by molar-refractivity contribution is -0.870. The number of halogens is 1. The molecule has 0 bridgehead atoms. The number of ether oxygens (including phenoxy) is 1. The molecule has 0 atom stereocenters. The molecule has 0 rings (SSSR count). The van der Waals surface area contributed by atoms with E-state index in [4.69, 9.17) is 9.53 Å². The molecule has 17 heavy (non-hydrogen) atoms. The highest BCUT2D eigenvalue weighted by Crippen LogP contribution is 1.93. The first-order chi connectivity index (χ1) is 7.19. The van der Waals surface area contributed by atoms with E-state index in [1.54, 1.807) is 0 Å². The molecule has 0 heterocycles. The van der Waals surface area contributed by atoms with Gasteiger partial charge in [-0.3, -0.25) is 4.79 Å². The minimum atomic E-state index is -0.833. The van der Waals surface area contributed by atoms with Crippen LogP contribution in [-0.4, -0.2) is 50.8 Å². The number of urea groups is 1. The third-order valence-electron chi connectivity index (χ3n) is 1.48. The number of hydrogen-bond donors (Lipinski definition) is 2. The third kappa shape index (κ3) is 31.3. The molecule has 2 amide bonds. The van der Waals surface area contributed by atoms with Crippen molar-refractivity contribution in [3.8, 4) is 0 Å².